The standard InChI is InChI=1S/C16H20O5/c1-9(17)20-11-5-4-6-12-16(11)10-7-14(18-2)15(19-3)8-13(10)21-12/h7-8,11-12,16H,4-6H2,1-3H3. The molecule has 2 aliphatic rings. The van der Waals surface area contributed by atoms with E-state index in [4.69, 9.17) is 18.9 Å². The van der Waals surface area contributed by atoms with Gasteiger partial charge in [-0.3, -0.25) is 4.79 Å². The van der Waals surface area contributed by atoms with Gasteiger partial charge in [0.25, 0.3) is 0 Å². The van der Waals surface area contributed by atoms with Gasteiger partial charge in [-0.15, -0.1) is 0 Å². The lowest BCUT2D eigenvalue weighted by atomic mass is 9.80. The monoisotopic (exact) mass is 292 g/mol. The number of esters is 1. The molecule has 1 aliphatic carbocycles. The van der Waals surface area contributed by atoms with Crippen molar-refractivity contribution in [3.63, 3.8) is 0 Å². The molecule has 21 heavy (non-hydrogen) atoms. The molecule has 0 bridgehead atoms. The molecular weight excluding hydrogens is 272 g/mol. The lowest BCUT2D eigenvalue weighted by molar-refractivity contribution is -0.150. The van der Waals surface area contributed by atoms with E-state index in [0.717, 1.165) is 30.6 Å². The number of benzene rings is 1. The zero-order valence-corrected chi connectivity index (χ0v) is 12.5. The lowest BCUT2D eigenvalue weighted by Crippen LogP contribution is -2.36. The first-order valence-corrected chi connectivity index (χ1v) is 7.24. The number of carbonyl (C=O) groups excluding carboxylic acids is 1. The molecule has 1 aromatic rings. The zero-order chi connectivity index (χ0) is 15.0. The van der Waals surface area contributed by atoms with E-state index in [1.54, 1.807) is 14.2 Å². The highest BCUT2D eigenvalue weighted by Gasteiger charge is 2.44. The predicted octanol–water partition coefficient (Wildman–Crippen LogP) is 2.66. The Morgan fingerprint density at radius 2 is 1.90 bits per heavy atom. The van der Waals surface area contributed by atoms with Crippen molar-refractivity contribution in [2.75, 3.05) is 14.2 Å². The Morgan fingerprint density at radius 3 is 2.57 bits per heavy atom. The molecule has 1 aliphatic heterocycles. The minimum absolute atomic E-state index is 0.0647. The number of rotatable bonds is 3. The molecule has 1 heterocycles. The normalized spacial score (nSPS) is 26.3. The van der Waals surface area contributed by atoms with Crippen molar-refractivity contribution in [2.45, 2.75) is 44.3 Å². The van der Waals surface area contributed by atoms with Gasteiger partial charge in [-0.05, 0) is 25.3 Å². The van der Waals surface area contributed by atoms with Gasteiger partial charge >= 0.3 is 5.97 Å². The molecule has 114 valence electrons. The highest BCUT2D eigenvalue weighted by atomic mass is 16.5. The minimum Gasteiger partial charge on any atom is -0.493 e. The van der Waals surface area contributed by atoms with Crippen molar-refractivity contribution >= 4 is 5.97 Å². The van der Waals surface area contributed by atoms with Gasteiger partial charge in [0.1, 0.15) is 18.0 Å². The Kier molecular flexibility index (Phi) is 3.66. The summed E-state index contributed by atoms with van der Waals surface area (Å²) in [6.07, 6.45) is 2.79. The van der Waals surface area contributed by atoms with E-state index in [1.807, 2.05) is 12.1 Å². The predicted molar refractivity (Wildman–Crippen MR) is 76.1 cm³/mol. The van der Waals surface area contributed by atoms with Crippen molar-refractivity contribution < 1.29 is 23.7 Å². The molecule has 0 amide bonds. The summed E-state index contributed by atoms with van der Waals surface area (Å²) in [4.78, 5) is 11.3. The fraction of sp³-hybridized carbons (Fsp3) is 0.562. The van der Waals surface area contributed by atoms with E-state index in [9.17, 15) is 4.79 Å². The van der Waals surface area contributed by atoms with Crippen LogP contribution in [-0.2, 0) is 9.53 Å². The van der Waals surface area contributed by atoms with Crippen molar-refractivity contribution in [1.29, 1.82) is 0 Å². The second-order valence-corrected chi connectivity index (χ2v) is 5.51. The van der Waals surface area contributed by atoms with Crippen molar-refractivity contribution in [1.82, 2.24) is 0 Å². The number of ether oxygens (including phenoxy) is 4. The third-order valence-corrected chi connectivity index (χ3v) is 4.25. The van der Waals surface area contributed by atoms with E-state index in [0.29, 0.717) is 11.5 Å². The molecule has 5 nitrogen and oxygen atoms in total. The molecule has 0 radical (unpaired) electrons. The molecule has 3 rings (SSSR count). The Bertz CT molecular complexity index is 554. The first kappa shape index (κ1) is 14.0. The van der Waals surface area contributed by atoms with Crippen LogP contribution in [0.15, 0.2) is 12.1 Å². The molecular formula is C16H20O5. The smallest absolute Gasteiger partial charge is 0.302 e. The molecule has 3 unspecified atom stereocenters. The van der Waals surface area contributed by atoms with Gasteiger partial charge in [0.05, 0.1) is 20.1 Å². The first-order chi connectivity index (χ1) is 10.1. The van der Waals surface area contributed by atoms with Crippen LogP contribution in [0.3, 0.4) is 0 Å². The van der Waals surface area contributed by atoms with E-state index >= 15 is 0 Å². The Hall–Kier alpha value is -1.91. The van der Waals surface area contributed by atoms with Crippen LogP contribution in [0.4, 0.5) is 0 Å². The van der Waals surface area contributed by atoms with E-state index in [-0.39, 0.29) is 24.1 Å². The molecule has 0 aromatic heterocycles. The van der Waals surface area contributed by atoms with Crippen LogP contribution in [0.1, 0.15) is 37.7 Å². The molecule has 3 atom stereocenters. The Balaban J connectivity index is 1.98. The van der Waals surface area contributed by atoms with Gasteiger partial charge < -0.3 is 18.9 Å². The third kappa shape index (κ3) is 2.41. The van der Waals surface area contributed by atoms with Crippen molar-refractivity contribution in [3.8, 4) is 17.2 Å². The Labute approximate surface area is 124 Å². The third-order valence-electron chi connectivity index (χ3n) is 4.25. The van der Waals surface area contributed by atoms with Crippen molar-refractivity contribution in [3.05, 3.63) is 17.7 Å². The van der Waals surface area contributed by atoms with Crippen LogP contribution in [0.25, 0.3) is 0 Å². The maximum Gasteiger partial charge on any atom is 0.302 e. The highest BCUT2D eigenvalue weighted by molar-refractivity contribution is 5.66. The number of carbonyl (C=O) groups is 1. The summed E-state index contributed by atoms with van der Waals surface area (Å²) in [6.45, 7) is 1.45. The first-order valence-electron chi connectivity index (χ1n) is 7.24. The van der Waals surface area contributed by atoms with Crippen LogP contribution in [0.2, 0.25) is 0 Å². The fourth-order valence-electron chi connectivity index (χ4n) is 3.40. The lowest BCUT2D eigenvalue weighted by Gasteiger charge is -2.32. The molecule has 0 spiro atoms. The van der Waals surface area contributed by atoms with Crippen LogP contribution in [0.5, 0.6) is 17.2 Å². The highest BCUT2D eigenvalue weighted by Crippen LogP contribution is 2.50. The molecule has 5 heteroatoms. The second-order valence-electron chi connectivity index (χ2n) is 5.51. The average Bonchev–Trinajstić information content (AvgIpc) is 2.83. The summed E-state index contributed by atoms with van der Waals surface area (Å²) >= 11 is 0. The van der Waals surface area contributed by atoms with Gasteiger partial charge in [-0.25, -0.2) is 0 Å². The SMILES string of the molecule is COc1cc2c(cc1OC)C1C(OC(C)=O)CCCC1O2. The van der Waals surface area contributed by atoms with Crippen LogP contribution in [-0.4, -0.2) is 32.4 Å². The number of methoxy groups -OCH3 is 2. The molecule has 1 fully saturated rings. The maximum absolute atomic E-state index is 11.3. The van der Waals surface area contributed by atoms with Crippen LogP contribution >= 0.6 is 0 Å². The van der Waals surface area contributed by atoms with Gasteiger partial charge in [0.15, 0.2) is 11.5 Å². The molecule has 0 N–H and O–H groups in total. The minimum atomic E-state index is -0.241. The fourth-order valence-corrected chi connectivity index (χ4v) is 3.40. The summed E-state index contributed by atoms with van der Waals surface area (Å²) < 4.78 is 22.2. The van der Waals surface area contributed by atoms with Crippen LogP contribution in [0, 0.1) is 0 Å². The zero-order valence-electron chi connectivity index (χ0n) is 12.5. The van der Waals surface area contributed by atoms with Gasteiger partial charge in [-0.2, -0.15) is 0 Å². The maximum atomic E-state index is 11.3. The van der Waals surface area contributed by atoms with Crippen molar-refractivity contribution in [2.24, 2.45) is 0 Å². The summed E-state index contributed by atoms with van der Waals surface area (Å²) in [5.74, 6) is 1.97. The number of hydrogen-bond donors (Lipinski definition) is 0. The van der Waals surface area contributed by atoms with Gasteiger partial charge in [-0.1, -0.05) is 0 Å². The second kappa shape index (κ2) is 5.47. The van der Waals surface area contributed by atoms with E-state index < -0.39 is 0 Å². The topological polar surface area (TPSA) is 54.0 Å². The quantitative estimate of drug-likeness (QED) is 0.802. The number of hydrogen-bond acceptors (Lipinski definition) is 5. The summed E-state index contributed by atoms with van der Waals surface area (Å²) in [5, 5.41) is 0. The van der Waals surface area contributed by atoms with Gasteiger partial charge in [0, 0.05) is 18.6 Å². The largest absolute Gasteiger partial charge is 0.493 e. The molecule has 1 saturated carbocycles. The summed E-state index contributed by atoms with van der Waals surface area (Å²) in [7, 11) is 3.22. The average molecular weight is 292 g/mol. The number of fused-ring (bicyclic) bond motifs is 3. The summed E-state index contributed by atoms with van der Waals surface area (Å²) in [5.41, 5.74) is 1.05. The van der Waals surface area contributed by atoms with E-state index in [1.165, 1.54) is 6.92 Å². The van der Waals surface area contributed by atoms with Crippen LogP contribution < -0.4 is 14.2 Å². The Morgan fingerprint density at radius 1 is 1.19 bits per heavy atom. The van der Waals surface area contributed by atoms with E-state index in [2.05, 4.69) is 0 Å². The van der Waals surface area contributed by atoms with Gasteiger partial charge in [0.2, 0.25) is 0 Å². The molecule has 0 saturated heterocycles. The molecule has 1 aromatic carbocycles. The summed E-state index contributed by atoms with van der Waals surface area (Å²) in [6, 6.07) is 3.80.